The zero-order chi connectivity index (χ0) is 26.1. The fraction of sp³-hybridized carbons (Fsp3) is 0.0857. The maximum absolute atomic E-state index is 15.6. The minimum atomic E-state index is -0.786. The Morgan fingerprint density at radius 2 is 1.79 bits per heavy atom. The van der Waals surface area contributed by atoms with E-state index in [0.717, 1.165) is 40.2 Å². The zero-order valence-electron chi connectivity index (χ0n) is 21.2. The van der Waals surface area contributed by atoms with E-state index in [1.54, 1.807) is 25.5 Å². The first-order chi connectivity index (χ1) is 19.2. The van der Waals surface area contributed by atoms with E-state index < -0.39 is 5.41 Å². The van der Waals surface area contributed by atoms with Gasteiger partial charge in [-0.05, 0) is 59.5 Å². The van der Waals surface area contributed by atoms with Crippen LogP contribution in [0.4, 0.5) is 4.39 Å². The highest BCUT2D eigenvalue weighted by molar-refractivity contribution is 7.26. The first kappa shape index (κ1) is 22.6. The third kappa shape index (κ3) is 3.12. The molecule has 4 heteroatoms. The lowest BCUT2D eigenvalue weighted by atomic mass is 9.69. The highest BCUT2D eigenvalue weighted by Gasteiger charge is 2.39. The topological polar surface area (TPSA) is 18.5 Å². The Morgan fingerprint density at radius 1 is 0.974 bits per heavy atom. The van der Waals surface area contributed by atoms with Crippen molar-refractivity contribution < 1.29 is 13.9 Å². The van der Waals surface area contributed by atoms with Crippen LogP contribution >= 0.6 is 11.3 Å². The summed E-state index contributed by atoms with van der Waals surface area (Å²) in [7, 11) is 1.66. The van der Waals surface area contributed by atoms with E-state index in [0.29, 0.717) is 5.56 Å². The van der Waals surface area contributed by atoms with Crippen molar-refractivity contribution in [3.63, 3.8) is 0 Å². The summed E-state index contributed by atoms with van der Waals surface area (Å²) < 4.78 is 29.7. The van der Waals surface area contributed by atoms with Crippen molar-refractivity contribution in [2.45, 2.75) is 11.8 Å². The van der Waals surface area contributed by atoms with Crippen molar-refractivity contribution >= 4 is 43.2 Å². The number of thiophene rings is 1. The van der Waals surface area contributed by atoms with E-state index in [4.69, 9.17) is 9.47 Å². The third-order valence-corrected chi connectivity index (χ3v) is 9.37. The smallest absolute Gasteiger partial charge is 0.138 e. The maximum Gasteiger partial charge on any atom is 0.138 e. The number of ether oxygens (including phenoxy) is 2. The van der Waals surface area contributed by atoms with E-state index in [9.17, 15) is 0 Å². The zero-order valence-corrected chi connectivity index (χ0v) is 22.0. The Hall–Kier alpha value is -4.41. The number of halogens is 1. The quantitative estimate of drug-likeness (QED) is 0.234. The molecule has 0 saturated carbocycles. The number of hydrogen-bond acceptors (Lipinski definition) is 3. The lowest BCUT2D eigenvalue weighted by Crippen LogP contribution is -2.26. The second-order valence-electron chi connectivity index (χ2n) is 10.2. The van der Waals surface area contributed by atoms with Crippen LogP contribution in [0.25, 0.3) is 31.8 Å². The first-order valence-corrected chi connectivity index (χ1v) is 13.9. The van der Waals surface area contributed by atoms with Crippen LogP contribution in [-0.4, -0.2) is 7.11 Å². The van der Waals surface area contributed by atoms with Crippen LogP contribution in [0, 0.1) is 5.82 Å². The number of rotatable bonds is 3. The van der Waals surface area contributed by atoms with Crippen LogP contribution < -0.4 is 9.47 Å². The van der Waals surface area contributed by atoms with Gasteiger partial charge < -0.3 is 9.47 Å². The van der Waals surface area contributed by atoms with Gasteiger partial charge in [-0.3, -0.25) is 0 Å². The number of hydrogen-bond donors (Lipinski definition) is 0. The standard InChI is InChI=1S/C35H23FO2S/c1-37-23-14-12-22(13-15-23)35(28-9-3-4-10-29(28)36)17-16-21-19-26-32(27(21)20-35)34-31(25-8-6-18-38-33(25)26)24-7-2-5-11-30(24)39-34/h2-7,9-20H,8H2,1H3. The van der Waals surface area contributed by atoms with Crippen molar-refractivity contribution in [2.75, 3.05) is 7.11 Å². The molecule has 0 saturated heterocycles. The molecule has 2 nitrogen and oxygen atoms in total. The lowest BCUT2D eigenvalue weighted by Gasteiger charge is -2.33. The Bertz CT molecular complexity index is 1950. The van der Waals surface area contributed by atoms with E-state index >= 15 is 4.39 Å². The van der Waals surface area contributed by atoms with E-state index in [2.05, 4.69) is 54.6 Å². The Morgan fingerprint density at radius 3 is 2.64 bits per heavy atom. The van der Waals surface area contributed by atoms with Crippen LogP contribution in [0.5, 0.6) is 11.5 Å². The fourth-order valence-corrected chi connectivity index (χ4v) is 7.69. The normalized spacial score (nSPS) is 18.8. The van der Waals surface area contributed by atoms with Crippen LogP contribution in [0.2, 0.25) is 0 Å². The van der Waals surface area contributed by atoms with Crippen molar-refractivity contribution in [2.24, 2.45) is 0 Å². The molecule has 0 fully saturated rings. The second-order valence-corrected chi connectivity index (χ2v) is 11.2. The molecule has 5 aromatic rings. The summed E-state index contributed by atoms with van der Waals surface area (Å²) in [5, 5.41) is 2.52. The van der Waals surface area contributed by atoms with Gasteiger partial charge in [-0.1, -0.05) is 66.8 Å². The van der Waals surface area contributed by atoms with Gasteiger partial charge in [-0.25, -0.2) is 4.39 Å². The van der Waals surface area contributed by atoms with Crippen LogP contribution in [0.3, 0.4) is 0 Å². The van der Waals surface area contributed by atoms with Gasteiger partial charge in [0.2, 0.25) is 0 Å². The van der Waals surface area contributed by atoms with Crippen LogP contribution in [0.15, 0.2) is 109 Å². The lowest BCUT2D eigenvalue weighted by molar-refractivity contribution is 0.414. The summed E-state index contributed by atoms with van der Waals surface area (Å²) >= 11 is 1.83. The van der Waals surface area contributed by atoms with Gasteiger partial charge in [-0.2, -0.15) is 0 Å². The molecule has 0 N–H and O–H groups in total. The average molecular weight is 527 g/mol. The van der Waals surface area contributed by atoms with Gasteiger partial charge in [-0.15, -0.1) is 11.3 Å². The Labute approximate surface area is 229 Å². The van der Waals surface area contributed by atoms with Gasteiger partial charge >= 0.3 is 0 Å². The fourth-order valence-electron chi connectivity index (χ4n) is 6.38. The summed E-state index contributed by atoms with van der Waals surface area (Å²) in [6, 6.07) is 23.6. The van der Waals surface area contributed by atoms with E-state index in [1.807, 2.05) is 47.7 Å². The second kappa shape index (κ2) is 8.29. The summed E-state index contributed by atoms with van der Waals surface area (Å²) in [4.78, 5) is 0. The van der Waals surface area contributed by atoms with E-state index in [1.165, 1.54) is 31.3 Å². The number of methoxy groups -OCH3 is 1. The molecule has 8 rings (SSSR count). The molecule has 1 unspecified atom stereocenters. The van der Waals surface area contributed by atoms with Gasteiger partial charge in [0.1, 0.15) is 17.3 Å². The average Bonchev–Trinajstić information content (AvgIpc) is 3.56. The van der Waals surface area contributed by atoms with Gasteiger partial charge in [0.25, 0.3) is 0 Å². The number of fused-ring (bicyclic) bond motifs is 10. The van der Waals surface area contributed by atoms with Crippen molar-refractivity contribution in [1.29, 1.82) is 0 Å². The molecular weight excluding hydrogens is 503 g/mol. The molecule has 4 aromatic carbocycles. The molecule has 2 heterocycles. The molecule has 2 aliphatic carbocycles. The summed E-state index contributed by atoms with van der Waals surface area (Å²) in [6.07, 6.45) is 13.5. The monoisotopic (exact) mass is 526 g/mol. The number of allylic oxidation sites excluding steroid dienone is 6. The molecule has 1 aromatic heterocycles. The van der Waals surface area contributed by atoms with Crippen molar-refractivity contribution in [3.8, 4) is 11.5 Å². The van der Waals surface area contributed by atoms with Crippen LogP contribution in [-0.2, 0) is 11.8 Å². The largest absolute Gasteiger partial charge is 0.497 e. The van der Waals surface area contributed by atoms with Gasteiger partial charge in [0.05, 0.1) is 18.8 Å². The molecule has 39 heavy (non-hydrogen) atoms. The molecular formula is C35H23FO2S. The van der Waals surface area contributed by atoms with Crippen LogP contribution in [0.1, 0.15) is 27.8 Å². The molecule has 188 valence electrons. The molecule has 0 amide bonds. The highest BCUT2D eigenvalue weighted by atomic mass is 32.1. The predicted molar refractivity (Wildman–Crippen MR) is 158 cm³/mol. The van der Waals surface area contributed by atoms with Gasteiger partial charge in [0.15, 0.2) is 0 Å². The highest BCUT2D eigenvalue weighted by Crippen LogP contribution is 2.55. The van der Waals surface area contributed by atoms with Gasteiger partial charge in [0, 0.05) is 42.4 Å². The minimum Gasteiger partial charge on any atom is -0.497 e. The summed E-state index contributed by atoms with van der Waals surface area (Å²) in [5.74, 6) is 1.47. The molecule has 3 aliphatic rings. The minimum absolute atomic E-state index is 0.230. The summed E-state index contributed by atoms with van der Waals surface area (Å²) in [5.41, 5.74) is 6.57. The Kier molecular flexibility index (Phi) is 4.80. The Balaban J connectivity index is 1.46. The summed E-state index contributed by atoms with van der Waals surface area (Å²) in [6.45, 7) is 0. The molecule has 0 spiro atoms. The molecule has 0 bridgehead atoms. The number of benzene rings is 4. The third-order valence-electron chi connectivity index (χ3n) is 8.18. The van der Waals surface area contributed by atoms with Crippen molar-refractivity contribution in [1.82, 2.24) is 0 Å². The SMILES string of the molecule is COc1ccc(C2(c3ccccc3F)C=CC3=Cc4c5c(c6c(sc7ccccc76)c4C3=C2)CC=CO5)cc1. The maximum atomic E-state index is 15.6. The van der Waals surface area contributed by atoms with E-state index in [-0.39, 0.29) is 5.82 Å². The molecule has 1 aliphatic heterocycles. The predicted octanol–water partition coefficient (Wildman–Crippen LogP) is 8.99. The first-order valence-electron chi connectivity index (χ1n) is 13.0. The molecule has 1 atom stereocenters. The molecule has 0 radical (unpaired) electrons. The van der Waals surface area contributed by atoms with Crippen molar-refractivity contribution in [3.05, 3.63) is 143 Å².